The molecule has 0 aromatic carbocycles. The van der Waals surface area contributed by atoms with Crippen LogP contribution in [0.5, 0.6) is 0 Å². The van der Waals surface area contributed by atoms with Crippen LogP contribution in [0.2, 0.25) is 0 Å². The molecule has 1 heterocycles. The number of aromatic nitrogens is 1. The van der Waals surface area contributed by atoms with Crippen molar-refractivity contribution in [3.63, 3.8) is 0 Å². The summed E-state index contributed by atoms with van der Waals surface area (Å²) in [7, 11) is 1.83. The Morgan fingerprint density at radius 2 is 2.28 bits per heavy atom. The number of likely N-dealkylation sites (N-methyl/N-ethyl adjacent to an activating group) is 1. The molecule has 2 rings (SSSR count). The third kappa shape index (κ3) is 3.18. The molecule has 0 spiro atoms. The highest BCUT2D eigenvalue weighted by Gasteiger charge is 2.29. The van der Waals surface area contributed by atoms with E-state index in [9.17, 15) is 9.90 Å². The largest absolute Gasteiger partial charge is 0.393 e. The molecular weight excluding hydrogens is 268 g/mol. The lowest BCUT2D eigenvalue weighted by Gasteiger charge is -2.34. The van der Waals surface area contributed by atoms with Crippen LogP contribution in [0, 0.1) is 16.8 Å². The van der Waals surface area contributed by atoms with Crippen molar-refractivity contribution in [3.8, 4) is 0 Å². The van der Waals surface area contributed by atoms with Crippen LogP contribution in [0.4, 0.5) is 0 Å². The number of aromatic amines is 1. The number of rotatable bonds is 4. The quantitative estimate of drug-likeness (QED) is 0.831. The number of carbonyl (C=O) groups excluding carboxylic acids is 1. The number of thiazole rings is 1. The summed E-state index contributed by atoms with van der Waals surface area (Å²) in [5.74, 6) is 0.573. The Balaban J connectivity index is 1.87. The van der Waals surface area contributed by atoms with E-state index in [0.29, 0.717) is 12.3 Å². The molecule has 1 aromatic rings. The van der Waals surface area contributed by atoms with Crippen molar-refractivity contribution >= 4 is 29.5 Å². The number of hydrogen-bond donors (Lipinski definition) is 2. The average molecular weight is 286 g/mol. The summed E-state index contributed by atoms with van der Waals surface area (Å²) in [6.45, 7) is 2.68. The van der Waals surface area contributed by atoms with Crippen LogP contribution in [0.15, 0.2) is 0 Å². The smallest absolute Gasteiger partial charge is 0.227 e. The second-order valence-corrected chi connectivity index (χ2v) is 6.78. The van der Waals surface area contributed by atoms with Crippen molar-refractivity contribution in [3.05, 3.63) is 14.5 Å². The second-order valence-electron chi connectivity index (χ2n) is 5.00. The van der Waals surface area contributed by atoms with Crippen LogP contribution in [0.3, 0.4) is 0 Å². The molecule has 0 atom stereocenters. The van der Waals surface area contributed by atoms with E-state index >= 15 is 0 Å². The molecule has 0 bridgehead atoms. The first-order valence-corrected chi connectivity index (χ1v) is 7.28. The molecule has 1 amide bonds. The fourth-order valence-corrected chi connectivity index (χ4v) is 3.50. The maximum absolute atomic E-state index is 12.1. The molecule has 0 aliphatic heterocycles. The lowest BCUT2D eigenvalue weighted by Crippen LogP contribution is -2.40. The Hall–Kier alpha value is -0.720. The zero-order valence-electron chi connectivity index (χ0n) is 10.6. The minimum Gasteiger partial charge on any atom is -0.393 e. The Morgan fingerprint density at radius 3 is 2.78 bits per heavy atom. The summed E-state index contributed by atoms with van der Waals surface area (Å²) in [6, 6.07) is 0. The molecule has 100 valence electrons. The Labute approximate surface area is 116 Å². The molecule has 18 heavy (non-hydrogen) atoms. The van der Waals surface area contributed by atoms with Crippen molar-refractivity contribution in [1.82, 2.24) is 9.88 Å². The third-order valence-corrected chi connectivity index (χ3v) is 4.74. The Bertz CT molecular complexity index is 489. The molecule has 1 aliphatic rings. The molecule has 2 N–H and O–H groups in total. The lowest BCUT2D eigenvalue weighted by molar-refractivity contribution is -0.130. The number of hydrogen-bond acceptors (Lipinski definition) is 4. The van der Waals surface area contributed by atoms with Crippen LogP contribution in [-0.4, -0.2) is 40.6 Å². The number of amides is 1. The number of carbonyl (C=O) groups is 1. The molecule has 1 aliphatic carbocycles. The number of aliphatic hydroxyl groups excluding tert-OH is 1. The lowest BCUT2D eigenvalue weighted by atomic mass is 9.82. The van der Waals surface area contributed by atoms with Crippen LogP contribution in [0.1, 0.15) is 23.4 Å². The van der Waals surface area contributed by atoms with Gasteiger partial charge in [-0.15, -0.1) is 11.3 Å². The molecule has 4 nitrogen and oxygen atoms in total. The van der Waals surface area contributed by atoms with Gasteiger partial charge in [-0.2, -0.15) is 0 Å². The monoisotopic (exact) mass is 286 g/mol. The van der Waals surface area contributed by atoms with E-state index in [4.69, 9.17) is 12.2 Å². The summed E-state index contributed by atoms with van der Waals surface area (Å²) < 4.78 is 0.722. The van der Waals surface area contributed by atoms with Crippen LogP contribution in [0.25, 0.3) is 0 Å². The average Bonchev–Trinajstić information content (AvgIpc) is 2.55. The molecular formula is C12H18N2O2S2. The van der Waals surface area contributed by atoms with Crippen molar-refractivity contribution in [2.45, 2.75) is 32.3 Å². The summed E-state index contributed by atoms with van der Waals surface area (Å²) in [4.78, 5) is 17.9. The SMILES string of the molecule is Cc1[nH]c(=S)sc1CC(=O)N(C)CC1CC(O)C1. The highest BCUT2D eigenvalue weighted by Crippen LogP contribution is 2.27. The van der Waals surface area contributed by atoms with Gasteiger partial charge in [-0.25, -0.2) is 0 Å². The van der Waals surface area contributed by atoms with Crippen molar-refractivity contribution < 1.29 is 9.90 Å². The van der Waals surface area contributed by atoms with Crippen LogP contribution < -0.4 is 0 Å². The standard InChI is InChI=1S/C12H18N2O2S2/c1-7-10(18-12(17)13-7)5-11(16)14(2)6-8-3-9(15)4-8/h8-9,15H,3-6H2,1-2H3,(H,13,17). The van der Waals surface area contributed by atoms with Crippen LogP contribution in [-0.2, 0) is 11.2 Å². The fourth-order valence-electron chi connectivity index (χ4n) is 2.22. The van der Waals surface area contributed by atoms with Gasteiger partial charge in [-0.3, -0.25) is 4.79 Å². The first-order chi connectivity index (χ1) is 8.45. The van der Waals surface area contributed by atoms with Gasteiger partial charge in [-0.1, -0.05) is 0 Å². The van der Waals surface area contributed by atoms with E-state index in [2.05, 4.69) is 4.98 Å². The van der Waals surface area contributed by atoms with Gasteiger partial charge in [0, 0.05) is 24.2 Å². The van der Waals surface area contributed by atoms with E-state index in [-0.39, 0.29) is 12.0 Å². The maximum atomic E-state index is 12.1. The van der Waals surface area contributed by atoms with Gasteiger partial charge in [0.1, 0.15) is 0 Å². The highest BCUT2D eigenvalue weighted by molar-refractivity contribution is 7.73. The zero-order chi connectivity index (χ0) is 13.3. The molecule has 0 saturated heterocycles. The van der Waals surface area contributed by atoms with Crippen LogP contribution >= 0.6 is 23.6 Å². The number of aryl methyl sites for hydroxylation is 1. The minimum atomic E-state index is -0.157. The zero-order valence-corrected chi connectivity index (χ0v) is 12.2. The summed E-state index contributed by atoms with van der Waals surface area (Å²) >= 11 is 6.53. The molecule has 1 fully saturated rings. The third-order valence-electron chi connectivity index (χ3n) is 3.40. The van der Waals surface area contributed by atoms with E-state index < -0.39 is 0 Å². The van der Waals surface area contributed by atoms with Crippen molar-refractivity contribution in [2.24, 2.45) is 5.92 Å². The maximum Gasteiger partial charge on any atom is 0.227 e. The predicted octanol–water partition coefficient (Wildman–Crippen LogP) is 1.89. The Morgan fingerprint density at radius 1 is 1.61 bits per heavy atom. The van der Waals surface area contributed by atoms with E-state index in [1.54, 1.807) is 4.90 Å². The Kier molecular flexibility index (Phi) is 4.19. The first-order valence-electron chi connectivity index (χ1n) is 6.06. The van der Waals surface area contributed by atoms with Crippen molar-refractivity contribution in [1.29, 1.82) is 0 Å². The minimum absolute atomic E-state index is 0.115. The van der Waals surface area contributed by atoms with Gasteiger partial charge < -0.3 is 15.0 Å². The van der Waals surface area contributed by atoms with Gasteiger partial charge in [-0.05, 0) is 37.9 Å². The molecule has 0 radical (unpaired) electrons. The summed E-state index contributed by atoms with van der Waals surface area (Å²) in [5, 5.41) is 9.23. The number of H-pyrrole nitrogens is 1. The number of aliphatic hydroxyl groups is 1. The van der Waals surface area contributed by atoms with Gasteiger partial charge in [0.25, 0.3) is 0 Å². The van der Waals surface area contributed by atoms with Crippen molar-refractivity contribution in [2.75, 3.05) is 13.6 Å². The normalized spacial score (nSPS) is 22.6. The number of nitrogens with zero attached hydrogens (tertiary/aromatic N) is 1. The summed E-state index contributed by atoms with van der Waals surface area (Å²) in [6.07, 6.45) is 1.89. The first kappa shape index (κ1) is 13.7. The van der Waals surface area contributed by atoms with E-state index in [1.807, 2.05) is 14.0 Å². The highest BCUT2D eigenvalue weighted by atomic mass is 32.1. The molecule has 1 saturated carbocycles. The summed E-state index contributed by atoms with van der Waals surface area (Å²) in [5.41, 5.74) is 0.991. The number of nitrogens with one attached hydrogen (secondary N) is 1. The molecule has 0 unspecified atom stereocenters. The van der Waals surface area contributed by atoms with E-state index in [0.717, 1.165) is 33.9 Å². The van der Waals surface area contributed by atoms with E-state index in [1.165, 1.54) is 11.3 Å². The van der Waals surface area contributed by atoms with Gasteiger partial charge in [0.2, 0.25) is 5.91 Å². The fraction of sp³-hybridized carbons (Fsp3) is 0.667. The molecule has 6 heteroatoms. The van der Waals surface area contributed by atoms with Gasteiger partial charge >= 0.3 is 0 Å². The molecule has 1 aromatic heterocycles. The second kappa shape index (κ2) is 5.50. The van der Waals surface area contributed by atoms with Gasteiger partial charge in [0.05, 0.1) is 12.5 Å². The predicted molar refractivity (Wildman–Crippen MR) is 74.3 cm³/mol. The topological polar surface area (TPSA) is 56.3 Å². The van der Waals surface area contributed by atoms with Gasteiger partial charge in [0.15, 0.2) is 3.95 Å².